The number of halogens is 1. The molecule has 40 heavy (non-hydrogen) atoms. The summed E-state index contributed by atoms with van der Waals surface area (Å²) in [4.78, 5) is 21.8. The molecule has 0 bridgehead atoms. The van der Waals surface area contributed by atoms with Crippen LogP contribution in [0.15, 0.2) is 83.3 Å². The molecule has 0 saturated heterocycles. The summed E-state index contributed by atoms with van der Waals surface area (Å²) < 4.78 is 23.7. The topological polar surface area (TPSA) is 99.1 Å². The number of amides is 1. The van der Waals surface area contributed by atoms with Crippen molar-refractivity contribution in [2.75, 3.05) is 25.3 Å². The Kier molecular flexibility index (Phi) is 8.62. The zero-order valence-electron chi connectivity index (χ0n) is 21.6. The monoisotopic (exact) mass is 573 g/mol. The van der Waals surface area contributed by atoms with E-state index in [0.717, 1.165) is 28.2 Å². The van der Waals surface area contributed by atoms with Gasteiger partial charge in [0.1, 0.15) is 28.7 Å². The largest absolute Gasteiger partial charge is 0.497 e. The highest BCUT2D eigenvalue weighted by atomic mass is 32.2. The second kappa shape index (κ2) is 12.7. The molecule has 0 spiro atoms. The first kappa shape index (κ1) is 27.2. The van der Waals surface area contributed by atoms with E-state index in [0.29, 0.717) is 33.1 Å². The Morgan fingerprint density at radius 1 is 0.825 bits per heavy atom. The first-order chi connectivity index (χ1) is 19.5. The van der Waals surface area contributed by atoms with Gasteiger partial charge in [0, 0.05) is 34.2 Å². The molecule has 202 valence electrons. The van der Waals surface area contributed by atoms with Crippen LogP contribution in [0.3, 0.4) is 0 Å². The van der Waals surface area contributed by atoms with Crippen molar-refractivity contribution in [2.45, 2.75) is 11.6 Å². The van der Waals surface area contributed by atoms with E-state index in [1.165, 1.54) is 35.2 Å². The van der Waals surface area contributed by atoms with Crippen molar-refractivity contribution in [1.82, 2.24) is 20.2 Å². The maximum atomic E-state index is 13.2. The molecular formula is C29H24FN5O3S2. The van der Waals surface area contributed by atoms with Crippen LogP contribution in [0, 0.1) is 5.82 Å². The number of carbonyl (C=O) groups excluding carboxylic acids is 1. The van der Waals surface area contributed by atoms with Crippen LogP contribution in [-0.4, -0.2) is 46.0 Å². The van der Waals surface area contributed by atoms with Gasteiger partial charge in [-0.05, 0) is 72.8 Å². The molecule has 5 aromatic rings. The van der Waals surface area contributed by atoms with Crippen molar-refractivity contribution in [3.8, 4) is 45.3 Å². The molecule has 11 heteroatoms. The van der Waals surface area contributed by atoms with Crippen LogP contribution in [0.25, 0.3) is 33.8 Å². The normalized spacial score (nSPS) is 10.8. The van der Waals surface area contributed by atoms with Gasteiger partial charge >= 0.3 is 0 Å². The Hall–Kier alpha value is -4.35. The standard InChI is InChI=1S/C29H24FN5O3S2/c1-37-22-11-5-19(6-12-22)26-27(20-7-13-23(38-2)14-8-20)34-35-29(33-26)39-16-15-25(36)32-28-31-24(17-40-28)18-3-9-21(30)10-4-18/h3-14,17H,15-16H2,1-2H3,(H,31,32,36). The number of benzene rings is 3. The minimum absolute atomic E-state index is 0.175. The van der Waals surface area contributed by atoms with Crippen LogP contribution < -0.4 is 14.8 Å². The molecule has 0 atom stereocenters. The van der Waals surface area contributed by atoms with E-state index in [-0.39, 0.29) is 18.1 Å². The van der Waals surface area contributed by atoms with E-state index in [1.807, 2.05) is 53.9 Å². The van der Waals surface area contributed by atoms with E-state index < -0.39 is 0 Å². The van der Waals surface area contributed by atoms with Gasteiger partial charge in [-0.2, -0.15) is 0 Å². The molecule has 8 nitrogen and oxygen atoms in total. The molecule has 5 rings (SSSR count). The summed E-state index contributed by atoms with van der Waals surface area (Å²) in [5.41, 5.74) is 4.48. The number of hydrogen-bond donors (Lipinski definition) is 1. The predicted molar refractivity (Wildman–Crippen MR) is 155 cm³/mol. The van der Waals surface area contributed by atoms with E-state index in [4.69, 9.17) is 14.5 Å². The zero-order chi connectivity index (χ0) is 27.9. The van der Waals surface area contributed by atoms with Gasteiger partial charge in [0.05, 0.1) is 19.9 Å². The molecule has 2 heterocycles. The first-order valence-corrected chi connectivity index (χ1v) is 14.1. The maximum absolute atomic E-state index is 13.2. The van der Waals surface area contributed by atoms with Gasteiger partial charge in [-0.3, -0.25) is 4.79 Å². The van der Waals surface area contributed by atoms with Gasteiger partial charge in [0.25, 0.3) is 0 Å². The Labute approximate surface area is 238 Å². The highest BCUT2D eigenvalue weighted by Gasteiger charge is 2.15. The Morgan fingerprint density at radius 3 is 2.05 bits per heavy atom. The highest BCUT2D eigenvalue weighted by molar-refractivity contribution is 7.99. The van der Waals surface area contributed by atoms with Gasteiger partial charge in [-0.15, -0.1) is 21.5 Å². The van der Waals surface area contributed by atoms with Crippen molar-refractivity contribution in [2.24, 2.45) is 0 Å². The van der Waals surface area contributed by atoms with E-state index in [9.17, 15) is 9.18 Å². The summed E-state index contributed by atoms with van der Waals surface area (Å²) in [5.74, 6) is 1.45. The lowest BCUT2D eigenvalue weighted by Gasteiger charge is -2.10. The molecule has 0 saturated carbocycles. The average molecular weight is 574 g/mol. The van der Waals surface area contributed by atoms with Crippen molar-refractivity contribution in [3.05, 3.63) is 84.0 Å². The zero-order valence-corrected chi connectivity index (χ0v) is 23.3. The van der Waals surface area contributed by atoms with Gasteiger partial charge < -0.3 is 14.8 Å². The smallest absolute Gasteiger partial charge is 0.226 e. The van der Waals surface area contributed by atoms with Crippen LogP contribution in [0.2, 0.25) is 0 Å². The summed E-state index contributed by atoms with van der Waals surface area (Å²) in [5, 5.41) is 14.4. The molecule has 0 aliphatic heterocycles. The summed E-state index contributed by atoms with van der Waals surface area (Å²) in [7, 11) is 3.24. The number of ether oxygens (including phenoxy) is 2. The first-order valence-electron chi connectivity index (χ1n) is 12.2. The van der Waals surface area contributed by atoms with Crippen molar-refractivity contribution in [1.29, 1.82) is 0 Å². The number of carbonyl (C=O) groups is 1. The number of anilines is 1. The molecule has 0 radical (unpaired) electrons. The van der Waals surface area contributed by atoms with Crippen molar-refractivity contribution < 1.29 is 18.7 Å². The van der Waals surface area contributed by atoms with Gasteiger partial charge in [0.15, 0.2) is 5.13 Å². The number of aromatic nitrogens is 4. The molecule has 0 unspecified atom stereocenters. The van der Waals surface area contributed by atoms with Crippen LogP contribution in [0.1, 0.15) is 6.42 Å². The molecule has 0 fully saturated rings. The van der Waals surface area contributed by atoms with E-state index in [2.05, 4.69) is 20.5 Å². The predicted octanol–water partition coefficient (Wildman–Crippen LogP) is 6.61. The lowest BCUT2D eigenvalue weighted by Crippen LogP contribution is -2.12. The fourth-order valence-electron chi connectivity index (χ4n) is 3.77. The van der Waals surface area contributed by atoms with Crippen LogP contribution in [-0.2, 0) is 4.79 Å². The Morgan fingerprint density at radius 2 is 1.43 bits per heavy atom. The number of nitrogens with one attached hydrogen (secondary N) is 1. The number of thiazole rings is 1. The fourth-order valence-corrected chi connectivity index (χ4v) is 5.23. The van der Waals surface area contributed by atoms with Crippen LogP contribution in [0.5, 0.6) is 11.5 Å². The fraction of sp³-hybridized carbons (Fsp3) is 0.138. The number of nitrogens with zero attached hydrogens (tertiary/aromatic N) is 4. The SMILES string of the molecule is COc1ccc(-c2nnc(SCCC(=O)Nc3nc(-c4ccc(F)cc4)cs3)nc2-c2ccc(OC)cc2)cc1. The Balaban J connectivity index is 1.26. The van der Waals surface area contributed by atoms with E-state index in [1.54, 1.807) is 26.4 Å². The summed E-state index contributed by atoms with van der Waals surface area (Å²) in [6.07, 6.45) is 0.234. The number of rotatable bonds is 10. The van der Waals surface area contributed by atoms with Gasteiger partial charge in [0.2, 0.25) is 11.1 Å². The summed E-state index contributed by atoms with van der Waals surface area (Å²) in [6.45, 7) is 0. The second-order valence-corrected chi connectivity index (χ2v) is 10.4. The number of thioether (sulfide) groups is 1. The maximum Gasteiger partial charge on any atom is 0.226 e. The van der Waals surface area contributed by atoms with Crippen LogP contribution in [0.4, 0.5) is 9.52 Å². The minimum atomic E-state index is -0.310. The molecule has 0 aliphatic carbocycles. The second-order valence-electron chi connectivity index (χ2n) is 8.44. The lowest BCUT2D eigenvalue weighted by atomic mass is 10.0. The lowest BCUT2D eigenvalue weighted by molar-refractivity contribution is -0.115. The van der Waals surface area contributed by atoms with E-state index >= 15 is 0 Å². The van der Waals surface area contributed by atoms with Gasteiger partial charge in [-0.1, -0.05) is 11.8 Å². The third-order valence-electron chi connectivity index (χ3n) is 5.85. The average Bonchev–Trinajstić information content (AvgIpc) is 3.46. The Bertz CT molecular complexity index is 1590. The number of hydrogen-bond acceptors (Lipinski definition) is 9. The molecule has 3 aromatic carbocycles. The molecule has 1 amide bonds. The molecule has 1 N–H and O–H groups in total. The van der Waals surface area contributed by atoms with Crippen LogP contribution >= 0.6 is 23.1 Å². The molecule has 2 aromatic heterocycles. The molecule has 0 aliphatic rings. The number of methoxy groups -OCH3 is 2. The van der Waals surface area contributed by atoms with Crippen molar-refractivity contribution in [3.63, 3.8) is 0 Å². The third-order valence-corrected chi connectivity index (χ3v) is 7.44. The molecular weight excluding hydrogens is 549 g/mol. The minimum Gasteiger partial charge on any atom is -0.497 e. The van der Waals surface area contributed by atoms with Gasteiger partial charge in [-0.25, -0.2) is 14.4 Å². The summed E-state index contributed by atoms with van der Waals surface area (Å²) >= 11 is 2.66. The third kappa shape index (κ3) is 6.61. The van der Waals surface area contributed by atoms with Crippen molar-refractivity contribution >= 4 is 34.1 Å². The highest BCUT2D eigenvalue weighted by Crippen LogP contribution is 2.32. The summed E-state index contributed by atoms with van der Waals surface area (Å²) in [6, 6.07) is 21.2. The quantitative estimate of drug-likeness (QED) is 0.187.